The fourth-order valence-corrected chi connectivity index (χ4v) is 5.40. The number of imidazole rings is 1. The predicted molar refractivity (Wildman–Crippen MR) is 143 cm³/mol. The molecule has 1 heterocycles. The molecule has 2 nitrogen and oxygen atoms in total. The molecule has 188 valence electrons. The maximum absolute atomic E-state index is 4.34. The Hall–Kier alpha value is -0.790. The monoisotopic (exact) mass is 446 g/mol. The molecule has 0 bridgehead atoms. The Labute approximate surface area is 202 Å². The second-order valence-corrected chi connectivity index (χ2v) is 10.6. The summed E-state index contributed by atoms with van der Waals surface area (Å²) in [7, 11) is 0. The second-order valence-electron chi connectivity index (χ2n) is 10.6. The lowest BCUT2D eigenvalue weighted by Crippen LogP contribution is -2.37. The van der Waals surface area contributed by atoms with E-state index in [9.17, 15) is 0 Å². The molecule has 0 aliphatic heterocycles. The van der Waals surface area contributed by atoms with Gasteiger partial charge in [0.25, 0.3) is 0 Å². The van der Waals surface area contributed by atoms with Gasteiger partial charge in [0.1, 0.15) is 0 Å². The topological polar surface area (TPSA) is 17.8 Å². The normalized spacial score (nSPS) is 14.5. The predicted octanol–water partition coefficient (Wildman–Crippen LogP) is 10.5. The number of aromatic nitrogens is 2. The Bertz CT molecular complexity index is 495. The molecule has 0 aromatic carbocycles. The summed E-state index contributed by atoms with van der Waals surface area (Å²) in [4.78, 5) is 4.34. The first-order chi connectivity index (χ1) is 15.7. The highest BCUT2D eigenvalue weighted by molar-refractivity contribution is 4.93. The van der Waals surface area contributed by atoms with Gasteiger partial charge in [-0.3, -0.25) is 0 Å². The van der Waals surface area contributed by atoms with Crippen molar-refractivity contribution in [1.82, 2.24) is 9.55 Å². The first kappa shape index (κ1) is 29.2. The van der Waals surface area contributed by atoms with E-state index in [1.807, 2.05) is 12.5 Å². The van der Waals surface area contributed by atoms with Gasteiger partial charge in [-0.25, -0.2) is 4.98 Å². The van der Waals surface area contributed by atoms with E-state index >= 15 is 0 Å². The van der Waals surface area contributed by atoms with E-state index < -0.39 is 0 Å². The van der Waals surface area contributed by atoms with Crippen molar-refractivity contribution in [3.8, 4) is 0 Å². The lowest BCUT2D eigenvalue weighted by molar-refractivity contribution is 0.154. The lowest BCUT2D eigenvalue weighted by atomic mass is 9.77. The molecule has 2 unspecified atom stereocenters. The molecule has 0 aliphatic carbocycles. The van der Waals surface area contributed by atoms with Gasteiger partial charge in [-0.15, -0.1) is 0 Å². The zero-order valence-electron chi connectivity index (χ0n) is 22.6. The molecular weight excluding hydrogens is 388 g/mol. The van der Waals surface area contributed by atoms with Gasteiger partial charge in [-0.1, -0.05) is 136 Å². The minimum Gasteiger partial charge on any atom is -0.331 e. The fourth-order valence-electron chi connectivity index (χ4n) is 5.40. The standard InChI is InChI=1S/C30H58N2/c1-5-8-10-11-12-13-14-15-16-17-18-19-20-21-22-23-25-29(24-9-6-2)30(4,7-3)32-27-26-31-28-32/h26-29H,5-25H2,1-4H3. The molecular formula is C30H58N2. The minimum atomic E-state index is 0.223. The van der Waals surface area contributed by atoms with Gasteiger partial charge in [-0.05, 0) is 32.1 Å². The molecule has 0 saturated carbocycles. The Morgan fingerprint density at radius 1 is 0.625 bits per heavy atom. The van der Waals surface area contributed by atoms with Crippen molar-refractivity contribution in [3.63, 3.8) is 0 Å². The van der Waals surface area contributed by atoms with E-state index in [0.29, 0.717) is 0 Å². The third-order valence-corrected chi connectivity index (χ3v) is 8.00. The molecule has 0 N–H and O–H groups in total. The van der Waals surface area contributed by atoms with Crippen LogP contribution in [0.3, 0.4) is 0 Å². The van der Waals surface area contributed by atoms with Crippen molar-refractivity contribution in [2.75, 3.05) is 0 Å². The summed E-state index contributed by atoms with van der Waals surface area (Å²) in [6, 6.07) is 0. The van der Waals surface area contributed by atoms with Crippen molar-refractivity contribution in [3.05, 3.63) is 18.7 Å². The Kier molecular flexibility index (Phi) is 18.0. The molecule has 1 aromatic rings. The van der Waals surface area contributed by atoms with Crippen molar-refractivity contribution in [2.24, 2.45) is 5.92 Å². The summed E-state index contributed by atoms with van der Waals surface area (Å²) >= 11 is 0. The number of unbranched alkanes of at least 4 members (excludes halogenated alkanes) is 16. The molecule has 2 atom stereocenters. The van der Waals surface area contributed by atoms with Crippen LogP contribution in [0.5, 0.6) is 0 Å². The maximum Gasteiger partial charge on any atom is 0.0951 e. The summed E-state index contributed by atoms with van der Waals surface area (Å²) in [6.07, 6.45) is 35.9. The van der Waals surface area contributed by atoms with Crippen molar-refractivity contribution in [1.29, 1.82) is 0 Å². The van der Waals surface area contributed by atoms with Crippen molar-refractivity contribution < 1.29 is 0 Å². The van der Waals surface area contributed by atoms with Gasteiger partial charge in [0.15, 0.2) is 0 Å². The molecule has 2 heteroatoms. The molecule has 1 aromatic heterocycles. The van der Waals surface area contributed by atoms with Crippen LogP contribution in [0.1, 0.15) is 163 Å². The Morgan fingerprint density at radius 2 is 1.06 bits per heavy atom. The van der Waals surface area contributed by atoms with Crippen molar-refractivity contribution >= 4 is 0 Å². The quantitative estimate of drug-likeness (QED) is 0.153. The molecule has 1 rings (SSSR count). The number of hydrogen-bond donors (Lipinski definition) is 0. The first-order valence-corrected chi connectivity index (χ1v) is 14.7. The Balaban J connectivity index is 2.06. The van der Waals surface area contributed by atoms with E-state index in [1.165, 1.54) is 135 Å². The molecule has 32 heavy (non-hydrogen) atoms. The summed E-state index contributed by atoms with van der Waals surface area (Å²) in [5.74, 6) is 0.772. The van der Waals surface area contributed by atoms with Crippen LogP contribution < -0.4 is 0 Å². The highest BCUT2D eigenvalue weighted by Gasteiger charge is 2.33. The van der Waals surface area contributed by atoms with Crippen LogP contribution in [0.2, 0.25) is 0 Å². The summed E-state index contributed by atoms with van der Waals surface area (Å²) in [5, 5.41) is 0. The van der Waals surface area contributed by atoms with E-state index in [4.69, 9.17) is 0 Å². The van der Waals surface area contributed by atoms with Gasteiger partial charge in [0, 0.05) is 17.9 Å². The molecule has 0 saturated heterocycles. The van der Waals surface area contributed by atoms with E-state index in [0.717, 1.165) is 5.92 Å². The molecule has 0 aliphatic rings. The van der Waals surface area contributed by atoms with Crippen LogP contribution in [0.4, 0.5) is 0 Å². The average Bonchev–Trinajstić information content (AvgIpc) is 3.36. The molecule has 0 radical (unpaired) electrons. The molecule has 0 amide bonds. The van der Waals surface area contributed by atoms with Crippen LogP contribution >= 0.6 is 0 Å². The largest absolute Gasteiger partial charge is 0.331 e. The highest BCUT2D eigenvalue weighted by atomic mass is 15.1. The second kappa shape index (κ2) is 19.7. The van der Waals surface area contributed by atoms with Gasteiger partial charge in [0.2, 0.25) is 0 Å². The average molecular weight is 447 g/mol. The zero-order chi connectivity index (χ0) is 23.3. The molecule has 0 spiro atoms. The fraction of sp³-hybridized carbons (Fsp3) is 0.900. The van der Waals surface area contributed by atoms with Crippen LogP contribution in [0.15, 0.2) is 18.7 Å². The lowest BCUT2D eigenvalue weighted by Gasteiger charge is -2.39. The number of nitrogens with zero attached hydrogens (tertiary/aromatic N) is 2. The summed E-state index contributed by atoms with van der Waals surface area (Å²) < 4.78 is 2.39. The smallest absolute Gasteiger partial charge is 0.0951 e. The third-order valence-electron chi connectivity index (χ3n) is 8.00. The van der Waals surface area contributed by atoms with Crippen LogP contribution in [0.25, 0.3) is 0 Å². The van der Waals surface area contributed by atoms with E-state index in [1.54, 1.807) is 0 Å². The van der Waals surface area contributed by atoms with Crippen LogP contribution in [-0.2, 0) is 5.54 Å². The summed E-state index contributed by atoms with van der Waals surface area (Å²) in [5.41, 5.74) is 0.223. The van der Waals surface area contributed by atoms with Gasteiger partial charge in [-0.2, -0.15) is 0 Å². The summed E-state index contributed by atoms with van der Waals surface area (Å²) in [6.45, 7) is 9.44. The van der Waals surface area contributed by atoms with E-state index in [-0.39, 0.29) is 5.54 Å². The number of hydrogen-bond acceptors (Lipinski definition) is 1. The zero-order valence-corrected chi connectivity index (χ0v) is 22.6. The van der Waals surface area contributed by atoms with Gasteiger partial charge >= 0.3 is 0 Å². The molecule has 0 fully saturated rings. The van der Waals surface area contributed by atoms with Crippen LogP contribution in [-0.4, -0.2) is 9.55 Å². The maximum atomic E-state index is 4.34. The number of rotatable bonds is 23. The van der Waals surface area contributed by atoms with Gasteiger partial charge < -0.3 is 4.57 Å². The highest BCUT2D eigenvalue weighted by Crippen LogP contribution is 2.37. The van der Waals surface area contributed by atoms with Gasteiger partial charge in [0.05, 0.1) is 6.33 Å². The van der Waals surface area contributed by atoms with E-state index in [2.05, 4.69) is 43.4 Å². The van der Waals surface area contributed by atoms with Crippen LogP contribution in [0, 0.1) is 5.92 Å². The SMILES string of the molecule is CCCCCCCCCCCCCCCCCCC(CCCC)C(C)(CC)n1ccnc1. The first-order valence-electron chi connectivity index (χ1n) is 14.7. The third kappa shape index (κ3) is 12.4. The van der Waals surface area contributed by atoms with Crippen molar-refractivity contribution in [2.45, 2.75) is 168 Å². The minimum absolute atomic E-state index is 0.223. The Morgan fingerprint density at radius 3 is 1.47 bits per heavy atom.